The molecule has 0 aromatic heterocycles. The minimum atomic E-state index is -0.591. The van der Waals surface area contributed by atoms with E-state index in [2.05, 4.69) is 15.9 Å². The van der Waals surface area contributed by atoms with Crippen LogP contribution in [0.3, 0.4) is 0 Å². The highest BCUT2D eigenvalue weighted by Crippen LogP contribution is 2.47. The topological polar surface area (TPSA) is 20.2 Å². The van der Waals surface area contributed by atoms with Crippen LogP contribution in [0.1, 0.15) is 44.1 Å². The molecule has 2 aliphatic rings. The van der Waals surface area contributed by atoms with Gasteiger partial charge < -0.3 is 5.11 Å². The van der Waals surface area contributed by atoms with Gasteiger partial charge in [0.05, 0.1) is 5.60 Å². The van der Waals surface area contributed by atoms with Gasteiger partial charge in [-0.05, 0) is 61.6 Å². The van der Waals surface area contributed by atoms with Crippen LogP contribution in [0.25, 0.3) is 0 Å². The van der Waals surface area contributed by atoms with Crippen LogP contribution < -0.4 is 0 Å². The van der Waals surface area contributed by atoms with E-state index in [9.17, 15) is 9.50 Å². The van der Waals surface area contributed by atoms with Crippen LogP contribution in [0.15, 0.2) is 22.7 Å². The normalized spacial score (nSPS) is 31.4. The van der Waals surface area contributed by atoms with E-state index < -0.39 is 5.60 Å². The quantitative estimate of drug-likeness (QED) is 0.869. The molecule has 1 N–H and O–H groups in total. The SMILES string of the molecule is OC1(Cc2ccc(F)cc2Br)CCCC(C2CC2)C1. The molecule has 0 radical (unpaired) electrons. The lowest BCUT2D eigenvalue weighted by atomic mass is 9.73. The average molecular weight is 327 g/mol. The summed E-state index contributed by atoms with van der Waals surface area (Å²) in [4.78, 5) is 0. The van der Waals surface area contributed by atoms with E-state index in [1.165, 1.54) is 31.4 Å². The first-order chi connectivity index (χ1) is 9.06. The highest BCUT2D eigenvalue weighted by Gasteiger charge is 2.41. The summed E-state index contributed by atoms with van der Waals surface area (Å²) in [7, 11) is 0. The summed E-state index contributed by atoms with van der Waals surface area (Å²) in [6, 6.07) is 4.75. The van der Waals surface area contributed by atoms with E-state index in [1.807, 2.05) is 0 Å². The Hall–Kier alpha value is -0.410. The van der Waals surface area contributed by atoms with Crippen LogP contribution >= 0.6 is 15.9 Å². The van der Waals surface area contributed by atoms with Gasteiger partial charge >= 0.3 is 0 Å². The number of benzene rings is 1. The Balaban J connectivity index is 1.73. The molecule has 0 heterocycles. The van der Waals surface area contributed by atoms with Gasteiger partial charge in [0.1, 0.15) is 5.82 Å². The van der Waals surface area contributed by atoms with Crippen molar-refractivity contribution in [1.29, 1.82) is 0 Å². The molecule has 2 saturated carbocycles. The van der Waals surface area contributed by atoms with Gasteiger partial charge in [0.25, 0.3) is 0 Å². The predicted octanol–water partition coefficient (Wildman–Crippen LogP) is 4.46. The van der Waals surface area contributed by atoms with E-state index in [0.717, 1.165) is 35.2 Å². The molecule has 3 heteroatoms. The van der Waals surface area contributed by atoms with E-state index in [1.54, 1.807) is 6.07 Å². The van der Waals surface area contributed by atoms with Gasteiger partial charge in [0.15, 0.2) is 0 Å². The lowest BCUT2D eigenvalue weighted by Gasteiger charge is -2.37. The number of hydrogen-bond acceptors (Lipinski definition) is 1. The van der Waals surface area contributed by atoms with Crippen molar-refractivity contribution >= 4 is 15.9 Å². The van der Waals surface area contributed by atoms with Gasteiger partial charge in [-0.3, -0.25) is 0 Å². The zero-order chi connectivity index (χ0) is 13.5. The average Bonchev–Trinajstić information content (AvgIpc) is 3.17. The van der Waals surface area contributed by atoms with E-state index in [0.29, 0.717) is 12.3 Å². The lowest BCUT2D eigenvalue weighted by molar-refractivity contribution is -0.0197. The monoisotopic (exact) mass is 326 g/mol. The zero-order valence-electron chi connectivity index (χ0n) is 11.0. The van der Waals surface area contributed by atoms with Crippen molar-refractivity contribution < 1.29 is 9.50 Å². The number of halogens is 2. The molecular weight excluding hydrogens is 307 g/mol. The molecule has 1 aromatic carbocycles. The first-order valence-electron chi connectivity index (χ1n) is 7.22. The lowest BCUT2D eigenvalue weighted by Crippen LogP contribution is -2.38. The fraction of sp³-hybridized carbons (Fsp3) is 0.625. The molecule has 1 nitrogen and oxygen atoms in total. The van der Waals surface area contributed by atoms with Gasteiger partial charge in [0.2, 0.25) is 0 Å². The molecule has 0 spiro atoms. The Labute approximate surface area is 122 Å². The Morgan fingerprint density at radius 1 is 1.26 bits per heavy atom. The van der Waals surface area contributed by atoms with Crippen LogP contribution in [0, 0.1) is 17.7 Å². The predicted molar refractivity (Wildman–Crippen MR) is 77.4 cm³/mol. The summed E-state index contributed by atoms with van der Waals surface area (Å²) in [5.74, 6) is 1.34. The number of hydrogen-bond donors (Lipinski definition) is 1. The van der Waals surface area contributed by atoms with Gasteiger partial charge in [-0.15, -0.1) is 0 Å². The largest absolute Gasteiger partial charge is 0.390 e. The van der Waals surface area contributed by atoms with Crippen LogP contribution in [-0.2, 0) is 6.42 Å². The first kappa shape index (κ1) is 13.6. The highest BCUT2D eigenvalue weighted by molar-refractivity contribution is 9.10. The Morgan fingerprint density at radius 3 is 2.74 bits per heavy atom. The molecule has 104 valence electrons. The summed E-state index contributed by atoms with van der Waals surface area (Å²) in [5, 5.41) is 10.9. The molecule has 2 aliphatic carbocycles. The van der Waals surface area contributed by atoms with Crippen LogP contribution in [0.2, 0.25) is 0 Å². The van der Waals surface area contributed by atoms with Crippen LogP contribution in [0.5, 0.6) is 0 Å². The molecule has 1 aromatic rings. The maximum Gasteiger partial charge on any atom is 0.124 e. The second kappa shape index (κ2) is 5.17. The van der Waals surface area contributed by atoms with E-state index in [4.69, 9.17) is 0 Å². The third-order valence-electron chi connectivity index (χ3n) is 4.68. The maximum atomic E-state index is 13.1. The smallest absolute Gasteiger partial charge is 0.124 e. The summed E-state index contributed by atoms with van der Waals surface area (Å²) in [6.07, 6.45) is 7.52. The number of rotatable bonds is 3. The standard InChI is InChI=1S/C16H20BrFO/c17-15-8-14(18)6-5-13(15)10-16(19)7-1-2-12(9-16)11-3-4-11/h5-6,8,11-12,19H,1-4,7,9-10H2. The zero-order valence-corrected chi connectivity index (χ0v) is 12.6. The van der Waals surface area contributed by atoms with Crippen molar-refractivity contribution in [3.63, 3.8) is 0 Å². The summed E-state index contributed by atoms with van der Waals surface area (Å²) in [6.45, 7) is 0. The summed E-state index contributed by atoms with van der Waals surface area (Å²) < 4.78 is 13.9. The minimum absolute atomic E-state index is 0.234. The molecule has 0 aliphatic heterocycles. The van der Waals surface area contributed by atoms with Crippen molar-refractivity contribution in [2.45, 2.75) is 50.5 Å². The fourth-order valence-corrected chi connectivity index (χ4v) is 4.03. The Kier molecular flexibility index (Phi) is 3.69. The van der Waals surface area contributed by atoms with Gasteiger partial charge in [-0.1, -0.05) is 28.4 Å². The molecule has 3 rings (SSSR count). The molecular formula is C16H20BrFO. The van der Waals surface area contributed by atoms with Crippen molar-refractivity contribution in [1.82, 2.24) is 0 Å². The molecule has 19 heavy (non-hydrogen) atoms. The van der Waals surface area contributed by atoms with E-state index >= 15 is 0 Å². The minimum Gasteiger partial charge on any atom is -0.390 e. The van der Waals surface area contributed by atoms with Crippen LogP contribution in [-0.4, -0.2) is 10.7 Å². The van der Waals surface area contributed by atoms with Gasteiger partial charge in [0, 0.05) is 10.9 Å². The first-order valence-corrected chi connectivity index (χ1v) is 8.01. The number of aliphatic hydroxyl groups is 1. The van der Waals surface area contributed by atoms with Crippen molar-refractivity contribution in [3.05, 3.63) is 34.1 Å². The maximum absolute atomic E-state index is 13.1. The Bertz CT molecular complexity index is 472. The Morgan fingerprint density at radius 2 is 2.05 bits per heavy atom. The second-order valence-corrected chi connectivity index (χ2v) is 7.19. The third-order valence-corrected chi connectivity index (χ3v) is 5.42. The second-order valence-electron chi connectivity index (χ2n) is 6.33. The molecule has 2 fully saturated rings. The fourth-order valence-electron chi connectivity index (χ4n) is 3.54. The van der Waals surface area contributed by atoms with Gasteiger partial charge in [-0.2, -0.15) is 0 Å². The molecule has 0 saturated heterocycles. The molecule has 0 amide bonds. The van der Waals surface area contributed by atoms with Crippen molar-refractivity contribution in [2.24, 2.45) is 11.8 Å². The summed E-state index contributed by atoms with van der Waals surface area (Å²) in [5.41, 5.74) is 0.423. The summed E-state index contributed by atoms with van der Waals surface area (Å²) >= 11 is 3.40. The van der Waals surface area contributed by atoms with Crippen molar-refractivity contribution in [3.8, 4) is 0 Å². The molecule has 0 bridgehead atoms. The third kappa shape index (κ3) is 3.19. The highest BCUT2D eigenvalue weighted by atomic mass is 79.9. The van der Waals surface area contributed by atoms with E-state index in [-0.39, 0.29) is 5.82 Å². The van der Waals surface area contributed by atoms with Crippen LogP contribution in [0.4, 0.5) is 4.39 Å². The van der Waals surface area contributed by atoms with Gasteiger partial charge in [-0.25, -0.2) is 4.39 Å². The molecule has 2 atom stereocenters. The van der Waals surface area contributed by atoms with Crippen molar-refractivity contribution in [2.75, 3.05) is 0 Å². The molecule has 2 unspecified atom stereocenters.